The molecule has 0 spiro atoms. The van der Waals surface area contributed by atoms with E-state index in [9.17, 15) is 26.6 Å². The van der Waals surface area contributed by atoms with Crippen LogP contribution in [-0.4, -0.2) is 43.3 Å². The molecule has 0 radical (unpaired) electrons. The standard InChI is InChI=1S/C23H20F4N4O3S/c24-16-5-9-19(10-6-16)35(33)31-11-1-2-21(31)22(32)28-13-17-12-20(30-14-29-17)15-3-7-18(8-4-15)34-23(25,26)27/h3-10,12,14,21H,1-2,11,13H2,(H,28,32)/t21-,35?/m0/s1. The van der Waals surface area contributed by atoms with Crippen LogP contribution >= 0.6 is 0 Å². The van der Waals surface area contributed by atoms with Crippen molar-refractivity contribution in [2.45, 2.75) is 36.7 Å². The van der Waals surface area contributed by atoms with Crippen LogP contribution in [-0.2, 0) is 22.3 Å². The molecule has 4 rings (SSSR count). The van der Waals surface area contributed by atoms with E-state index in [1.54, 1.807) is 10.4 Å². The van der Waals surface area contributed by atoms with E-state index in [2.05, 4.69) is 20.0 Å². The molecule has 2 atom stereocenters. The van der Waals surface area contributed by atoms with Crippen molar-refractivity contribution in [1.29, 1.82) is 0 Å². The fourth-order valence-electron chi connectivity index (χ4n) is 3.66. The molecule has 2 aromatic carbocycles. The van der Waals surface area contributed by atoms with Crippen molar-refractivity contribution in [3.05, 3.63) is 72.4 Å². The molecule has 0 aliphatic carbocycles. The first-order valence-electron chi connectivity index (χ1n) is 10.6. The molecule has 1 unspecified atom stereocenters. The quantitative estimate of drug-likeness (QED) is 0.488. The van der Waals surface area contributed by atoms with Gasteiger partial charge in [0.2, 0.25) is 5.91 Å². The van der Waals surface area contributed by atoms with Crippen molar-refractivity contribution in [2.24, 2.45) is 0 Å². The van der Waals surface area contributed by atoms with Crippen molar-refractivity contribution < 1.29 is 31.3 Å². The largest absolute Gasteiger partial charge is 0.573 e. The highest BCUT2D eigenvalue weighted by atomic mass is 32.2. The average molecular weight is 508 g/mol. The summed E-state index contributed by atoms with van der Waals surface area (Å²) in [5.41, 5.74) is 1.50. The van der Waals surface area contributed by atoms with E-state index < -0.39 is 29.2 Å². The molecular weight excluding hydrogens is 488 g/mol. The summed E-state index contributed by atoms with van der Waals surface area (Å²) >= 11 is 0. The van der Waals surface area contributed by atoms with Crippen LogP contribution in [0.4, 0.5) is 17.6 Å². The number of halogens is 4. The van der Waals surface area contributed by atoms with E-state index in [0.29, 0.717) is 41.2 Å². The summed E-state index contributed by atoms with van der Waals surface area (Å²) in [6.45, 7) is 0.547. The van der Waals surface area contributed by atoms with Crippen molar-refractivity contribution in [3.63, 3.8) is 0 Å². The summed E-state index contributed by atoms with van der Waals surface area (Å²) in [5.74, 6) is -1.09. The van der Waals surface area contributed by atoms with Gasteiger partial charge in [0.15, 0.2) is 0 Å². The van der Waals surface area contributed by atoms with Gasteiger partial charge in [-0.1, -0.05) is 0 Å². The number of aromatic nitrogens is 2. The summed E-state index contributed by atoms with van der Waals surface area (Å²) in [5, 5.41) is 2.79. The van der Waals surface area contributed by atoms with Crippen molar-refractivity contribution in [3.8, 4) is 17.0 Å². The minimum atomic E-state index is -4.78. The number of carbonyl (C=O) groups excluding carboxylic acids is 1. The van der Waals surface area contributed by atoms with Gasteiger partial charge < -0.3 is 10.1 Å². The average Bonchev–Trinajstić information content (AvgIpc) is 3.32. The zero-order chi connectivity index (χ0) is 25.0. The fourth-order valence-corrected chi connectivity index (χ4v) is 5.03. The molecule has 35 heavy (non-hydrogen) atoms. The summed E-state index contributed by atoms with van der Waals surface area (Å²) in [4.78, 5) is 21.5. The van der Waals surface area contributed by atoms with E-state index in [1.165, 1.54) is 54.9 Å². The molecular formula is C23H20F4N4O3S. The Bertz CT molecular complexity index is 1210. The van der Waals surface area contributed by atoms with Crippen LogP contribution in [0.5, 0.6) is 5.75 Å². The molecule has 1 amide bonds. The van der Waals surface area contributed by atoms with Crippen LogP contribution in [0.15, 0.2) is 65.8 Å². The van der Waals surface area contributed by atoms with Crippen molar-refractivity contribution in [2.75, 3.05) is 6.54 Å². The Hall–Kier alpha value is -3.38. The zero-order valence-electron chi connectivity index (χ0n) is 18.2. The number of carbonyl (C=O) groups is 1. The number of rotatable bonds is 7. The molecule has 7 nitrogen and oxygen atoms in total. The molecule has 1 N–H and O–H groups in total. The maximum atomic E-state index is 13.2. The van der Waals surface area contributed by atoms with Gasteiger partial charge in [-0.3, -0.25) is 4.79 Å². The molecule has 12 heteroatoms. The lowest BCUT2D eigenvalue weighted by Crippen LogP contribution is -2.43. The molecule has 1 aliphatic heterocycles. The topological polar surface area (TPSA) is 84.4 Å². The second-order valence-corrected chi connectivity index (χ2v) is 9.13. The van der Waals surface area contributed by atoms with Crippen LogP contribution in [0.1, 0.15) is 18.5 Å². The highest BCUT2D eigenvalue weighted by Gasteiger charge is 2.35. The summed E-state index contributed by atoms with van der Waals surface area (Å²) in [7, 11) is -1.60. The zero-order valence-corrected chi connectivity index (χ0v) is 19.0. The van der Waals surface area contributed by atoms with Crippen LogP contribution in [0.3, 0.4) is 0 Å². The molecule has 2 heterocycles. The van der Waals surface area contributed by atoms with Gasteiger partial charge in [-0.15, -0.1) is 13.2 Å². The third-order valence-electron chi connectivity index (χ3n) is 5.29. The van der Waals surface area contributed by atoms with Gasteiger partial charge in [0.05, 0.1) is 22.8 Å². The highest BCUT2D eigenvalue weighted by molar-refractivity contribution is 7.82. The van der Waals surface area contributed by atoms with Crippen LogP contribution < -0.4 is 10.1 Å². The van der Waals surface area contributed by atoms with E-state index in [0.717, 1.165) is 0 Å². The Morgan fingerprint density at radius 3 is 2.51 bits per heavy atom. The first-order chi connectivity index (χ1) is 16.7. The van der Waals surface area contributed by atoms with Gasteiger partial charge in [-0.2, -0.15) is 0 Å². The summed E-state index contributed by atoms with van der Waals surface area (Å²) in [6, 6.07) is 11.6. The van der Waals surface area contributed by atoms with Crippen LogP contribution in [0.25, 0.3) is 11.3 Å². The van der Waals surface area contributed by atoms with Gasteiger partial charge >= 0.3 is 6.36 Å². The number of alkyl halides is 3. The molecule has 1 aliphatic rings. The third kappa shape index (κ3) is 6.40. The van der Waals surface area contributed by atoms with Gasteiger partial charge in [0.25, 0.3) is 0 Å². The van der Waals surface area contributed by atoms with Gasteiger partial charge in [0, 0.05) is 12.1 Å². The minimum absolute atomic E-state index is 0.0805. The van der Waals surface area contributed by atoms with Gasteiger partial charge in [-0.25, -0.2) is 22.9 Å². The lowest BCUT2D eigenvalue weighted by atomic mass is 10.1. The van der Waals surface area contributed by atoms with Gasteiger partial charge in [-0.05, 0) is 67.4 Å². The third-order valence-corrected chi connectivity index (χ3v) is 6.82. The monoisotopic (exact) mass is 508 g/mol. The number of hydrogen-bond donors (Lipinski definition) is 1. The van der Waals surface area contributed by atoms with Crippen LogP contribution in [0, 0.1) is 5.82 Å². The maximum Gasteiger partial charge on any atom is 0.573 e. The number of ether oxygens (including phenoxy) is 1. The number of nitrogens with zero attached hydrogens (tertiary/aromatic N) is 3. The Balaban J connectivity index is 1.39. The second kappa shape index (κ2) is 10.5. The Morgan fingerprint density at radius 2 is 1.83 bits per heavy atom. The summed E-state index contributed by atoms with van der Waals surface area (Å²) in [6.07, 6.45) is -2.26. The SMILES string of the molecule is O=C(NCc1cc(-c2ccc(OC(F)(F)F)cc2)ncn1)[C@@H]1CCCN1S(=O)c1ccc(F)cc1. The number of amides is 1. The first kappa shape index (κ1) is 24.7. The second-order valence-electron chi connectivity index (χ2n) is 7.69. The Kier molecular flexibility index (Phi) is 7.41. The number of nitrogens with one attached hydrogen (secondary N) is 1. The first-order valence-corrected chi connectivity index (χ1v) is 11.7. The lowest BCUT2D eigenvalue weighted by Gasteiger charge is -2.22. The molecule has 1 aromatic heterocycles. The molecule has 1 saturated heterocycles. The molecule has 0 bridgehead atoms. The molecule has 184 valence electrons. The van der Waals surface area contributed by atoms with Crippen molar-refractivity contribution >= 4 is 16.9 Å². The van der Waals surface area contributed by atoms with E-state index in [4.69, 9.17) is 0 Å². The minimum Gasteiger partial charge on any atom is -0.406 e. The Morgan fingerprint density at radius 1 is 1.11 bits per heavy atom. The van der Waals surface area contributed by atoms with E-state index in [1.807, 2.05) is 0 Å². The number of hydrogen-bond acceptors (Lipinski definition) is 5. The van der Waals surface area contributed by atoms with Crippen molar-refractivity contribution in [1.82, 2.24) is 19.6 Å². The predicted molar refractivity (Wildman–Crippen MR) is 119 cm³/mol. The summed E-state index contributed by atoms with van der Waals surface area (Å²) < 4.78 is 68.5. The lowest BCUT2D eigenvalue weighted by molar-refractivity contribution is -0.274. The van der Waals surface area contributed by atoms with E-state index in [-0.39, 0.29) is 18.2 Å². The smallest absolute Gasteiger partial charge is 0.406 e. The molecule has 3 aromatic rings. The molecule has 0 saturated carbocycles. The van der Waals surface area contributed by atoms with Gasteiger partial charge in [0.1, 0.15) is 34.9 Å². The highest BCUT2D eigenvalue weighted by Crippen LogP contribution is 2.26. The predicted octanol–water partition coefficient (Wildman–Crippen LogP) is 3.98. The van der Waals surface area contributed by atoms with Crippen LogP contribution in [0.2, 0.25) is 0 Å². The maximum absolute atomic E-state index is 13.2. The molecule has 1 fully saturated rings. The fraction of sp³-hybridized carbons (Fsp3) is 0.261. The van der Waals surface area contributed by atoms with E-state index >= 15 is 0 Å². The Labute approximate surface area is 200 Å². The number of benzene rings is 2. The normalized spacial score (nSPS) is 17.2.